The summed E-state index contributed by atoms with van der Waals surface area (Å²) in [6.07, 6.45) is 2.29. The lowest BCUT2D eigenvalue weighted by Gasteiger charge is -2.06. The molecule has 2 unspecified atom stereocenters. The monoisotopic (exact) mass is 134 g/mol. The first-order valence-corrected chi connectivity index (χ1v) is 3.54. The summed E-state index contributed by atoms with van der Waals surface area (Å²) in [7, 11) is 0. The van der Waals surface area contributed by atoms with Gasteiger partial charge in [-0.25, -0.2) is 0 Å². The maximum absolute atomic E-state index is 5.76. The van der Waals surface area contributed by atoms with E-state index in [2.05, 4.69) is 6.92 Å². The predicted octanol–water partition coefficient (Wildman–Crippen LogP) is 2.00. The average molecular weight is 135 g/mol. The van der Waals surface area contributed by atoms with Gasteiger partial charge in [0.25, 0.3) is 0 Å². The Morgan fingerprint density at radius 3 is 2.75 bits per heavy atom. The molecule has 2 heteroatoms. The van der Waals surface area contributed by atoms with Crippen molar-refractivity contribution in [2.45, 2.75) is 25.3 Å². The van der Waals surface area contributed by atoms with Gasteiger partial charge < -0.3 is 4.74 Å². The molecule has 48 valence electrons. The molecule has 1 nitrogen and oxygen atoms in total. The molecular formula is C6H11ClO. The van der Waals surface area contributed by atoms with Gasteiger partial charge in [0.2, 0.25) is 0 Å². The van der Waals surface area contributed by atoms with Gasteiger partial charge in [-0.2, -0.15) is 0 Å². The van der Waals surface area contributed by atoms with Crippen LogP contribution in [-0.4, -0.2) is 12.2 Å². The highest BCUT2D eigenvalue weighted by atomic mass is 35.5. The Morgan fingerprint density at radius 1 is 1.75 bits per heavy atom. The summed E-state index contributed by atoms with van der Waals surface area (Å²) in [5.74, 6) is 0.608. The standard InChI is InChI=1S/C6H11ClO/c1-2-5-3-4-8-6(5)7/h5-6H,2-4H2,1H3. The molecule has 0 aromatic carbocycles. The number of hydrogen-bond acceptors (Lipinski definition) is 1. The smallest absolute Gasteiger partial charge is 0.134 e. The van der Waals surface area contributed by atoms with Crippen LogP contribution in [0.5, 0.6) is 0 Å². The van der Waals surface area contributed by atoms with E-state index in [1.807, 2.05) is 0 Å². The van der Waals surface area contributed by atoms with E-state index < -0.39 is 0 Å². The van der Waals surface area contributed by atoms with Crippen molar-refractivity contribution < 1.29 is 4.74 Å². The van der Waals surface area contributed by atoms with E-state index in [0.29, 0.717) is 5.92 Å². The maximum atomic E-state index is 5.76. The third kappa shape index (κ3) is 1.15. The van der Waals surface area contributed by atoms with Gasteiger partial charge in [0.15, 0.2) is 0 Å². The summed E-state index contributed by atoms with van der Waals surface area (Å²) in [6.45, 7) is 3.00. The molecule has 1 saturated heterocycles. The minimum absolute atomic E-state index is 0.000000000000000222. The third-order valence-corrected chi connectivity index (χ3v) is 2.14. The van der Waals surface area contributed by atoms with Crippen LogP contribution >= 0.6 is 11.6 Å². The highest BCUT2D eigenvalue weighted by molar-refractivity contribution is 6.20. The minimum atomic E-state index is -0.000000000000000222. The fourth-order valence-corrected chi connectivity index (χ4v) is 1.38. The summed E-state index contributed by atoms with van der Waals surface area (Å²) in [6, 6.07) is 0. The van der Waals surface area contributed by atoms with Crippen LogP contribution in [0.2, 0.25) is 0 Å². The fraction of sp³-hybridized carbons (Fsp3) is 1.00. The third-order valence-electron chi connectivity index (χ3n) is 1.66. The molecule has 0 aromatic rings. The quantitative estimate of drug-likeness (QED) is 0.499. The van der Waals surface area contributed by atoms with Crippen LogP contribution in [0.15, 0.2) is 0 Å². The highest BCUT2D eigenvalue weighted by Crippen LogP contribution is 2.25. The molecule has 0 aromatic heterocycles. The summed E-state index contributed by atoms with van der Waals surface area (Å²) < 4.78 is 5.12. The van der Waals surface area contributed by atoms with E-state index in [1.54, 1.807) is 0 Å². The second-order valence-electron chi connectivity index (χ2n) is 2.18. The molecule has 0 radical (unpaired) electrons. The molecule has 0 amide bonds. The van der Waals surface area contributed by atoms with E-state index in [0.717, 1.165) is 19.4 Å². The average Bonchev–Trinajstić information content (AvgIpc) is 2.14. The lowest BCUT2D eigenvalue weighted by molar-refractivity contribution is 0.152. The Labute approximate surface area is 55.0 Å². The Morgan fingerprint density at radius 2 is 2.50 bits per heavy atom. The van der Waals surface area contributed by atoms with Crippen LogP contribution in [0.3, 0.4) is 0 Å². The molecule has 8 heavy (non-hydrogen) atoms. The second kappa shape index (κ2) is 2.70. The molecule has 0 spiro atoms. The Balaban J connectivity index is 2.30. The van der Waals surface area contributed by atoms with Crippen molar-refractivity contribution >= 4 is 11.6 Å². The molecule has 1 aliphatic rings. The zero-order chi connectivity index (χ0) is 5.98. The van der Waals surface area contributed by atoms with Crippen LogP contribution in [0.1, 0.15) is 19.8 Å². The van der Waals surface area contributed by atoms with E-state index >= 15 is 0 Å². The fourth-order valence-electron chi connectivity index (χ4n) is 0.989. The Hall–Kier alpha value is 0.250. The SMILES string of the molecule is CCC1CCOC1Cl. The molecule has 0 N–H and O–H groups in total. The lowest BCUT2D eigenvalue weighted by Crippen LogP contribution is -2.05. The van der Waals surface area contributed by atoms with E-state index in [9.17, 15) is 0 Å². The van der Waals surface area contributed by atoms with E-state index in [4.69, 9.17) is 16.3 Å². The van der Waals surface area contributed by atoms with Crippen LogP contribution in [0.25, 0.3) is 0 Å². The summed E-state index contributed by atoms with van der Waals surface area (Å²) in [4.78, 5) is 0. The second-order valence-corrected chi connectivity index (χ2v) is 2.61. The van der Waals surface area contributed by atoms with Crippen molar-refractivity contribution in [3.8, 4) is 0 Å². The van der Waals surface area contributed by atoms with Crippen molar-refractivity contribution in [3.05, 3.63) is 0 Å². The molecule has 1 fully saturated rings. The van der Waals surface area contributed by atoms with Gasteiger partial charge in [-0.15, -0.1) is 0 Å². The van der Waals surface area contributed by atoms with Gasteiger partial charge >= 0.3 is 0 Å². The van der Waals surface area contributed by atoms with Gasteiger partial charge in [-0.05, 0) is 12.8 Å². The van der Waals surface area contributed by atoms with Crippen molar-refractivity contribution in [3.63, 3.8) is 0 Å². The first-order valence-electron chi connectivity index (χ1n) is 3.10. The first kappa shape index (κ1) is 6.37. The molecular weight excluding hydrogens is 124 g/mol. The van der Waals surface area contributed by atoms with Crippen molar-refractivity contribution in [1.29, 1.82) is 0 Å². The van der Waals surface area contributed by atoms with Crippen LogP contribution < -0.4 is 0 Å². The number of halogens is 1. The van der Waals surface area contributed by atoms with Crippen molar-refractivity contribution in [1.82, 2.24) is 0 Å². The van der Waals surface area contributed by atoms with Crippen molar-refractivity contribution in [2.75, 3.05) is 6.61 Å². The summed E-state index contributed by atoms with van der Waals surface area (Å²) in [5, 5.41) is 0. The summed E-state index contributed by atoms with van der Waals surface area (Å²) in [5.41, 5.74) is -0.000000000000000222. The number of hydrogen-bond donors (Lipinski definition) is 0. The normalized spacial score (nSPS) is 38.2. The molecule has 0 saturated carbocycles. The molecule has 0 aliphatic carbocycles. The maximum Gasteiger partial charge on any atom is 0.134 e. The molecule has 2 atom stereocenters. The first-order chi connectivity index (χ1) is 3.84. The lowest BCUT2D eigenvalue weighted by atomic mass is 10.1. The Bertz CT molecular complexity index is 74.9. The van der Waals surface area contributed by atoms with Crippen LogP contribution in [0, 0.1) is 5.92 Å². The van der Waals surface area contributed by atoms with Crippen LogP contribution in [-0.2, 0) is 4.74 Å². The zero-order valence-electron chi connectivity index (χ0n) is 5.06. The molecule has 1 rings (SSSR count). The Kier molecular flexibility index (Phi) is 2.15. The van der Waals surface area contributed by atoms with E-state index in [1.165, 1.54) is 0 Å². The molecule has 1 heterocycles. The van der Waals surface area contributed by atoms with Gasteiger partial charge in [0.05, 0.1) is 0 Å². The van der Waals surface area contributed by atoms with Crippen LogP contribution in [0.4, 0.5) is 0 Å². The van der Waals surface area contributed by atoms with Gasteiger partial charge in [-0.3, -0.25) is 0 Å². The van der Waals surface area contributed by atoms with Crippen molar-refractivity contribution in [2.24, 2.45) is 5.92 Å². The molecule has 1 aliphatic heterocycles. The number of rotatable bonds is 1. The number of ether oxygens (including phenoxy) is 1. The minimum Gasteiger partial charge on any atom is -0.362 e. The van der Waals surface area contributed by atoms with E-state index in [-0.39, 0.29) is 5.56 Å². The number of alkyl halides is 1. The van der Waals surface area contributed by atoms with Gasteiger partial charge in [0.1, 0.15) is 5.56 Å². The molecule has 0 bridgehead atoms. The largest absolute Gasteiger partial charge is 0.362 e. The predicted molar refractivity (Wildman–Crippen MR) is 34.0 cm³/mol. The zero-order valence-corrected chi connectivity index (χ0v) is 5.82. The summed E-state index contributed by atoms with van der Waals surface area (Å²) >= 11 is 5.76. The van der Waals surface area contributed by atoms with Gasteiger partial charge in [-0.1, -0.05) is 18.5 Å². The highest BCUT2D eigenvalue weighted by Gasteiger charge is 2.23. The topological polar surface area (TPSA) is 9.23 Å². The van der Waals surface area contributed by atoms with Gasteiger partial charge in [0, 0.05) is 12.5 Å².